The van der Waals surface area contributed by atoms with Crippen LogP contribution in [0.3, 0.4) is 0 Å². The first-order valence-electron chi connectivity index (χ1n) is 6.16. The lowest BCUT2D eigenvalue weighted by molar-refractivity contribution is 0.111. The SMILES string of the molecule is C[C@H](c1ncccn1)N(Cc1ccc(C=O)nn1)C(=O)O. The Balaban J connectivity index is 2.19. The van der Waals surface area contributed by atoms with E-state index >= 15 is 0 Å². The minimum absolute atomic E-state index is 0.0287. The summed E-state index contributed by atoms with van der Waals surface area (Å²) in [6.45, 7) is 1.72. The molecule has 21 heavy (non-hydrogen) atoms. The number of nitrogens with zero attached hydrogens (tertiary/aromatic N) is 5. The summed E-state index contributed by atoms with van der Waals surface area (Å²) in [6, 6.07) is 4.17. The van der Waals surface area contributed by atoms with Gasteiger partial charge in [0, 0.05) is 12.4 Å². The number of amides is 1. The van der Waals surface area contributed by atoms with Crippen molar-refractivity contribution in [3.63, 3.8) is 0 Å². The van der Waals surface area contributed by atoms with E-state index in [-0.39, 0.29) is 12.2 Å². The lowest BCUT2D eigenvalue weighted by atomic mass is 10.2. The molecule has 0 radical (unpaired) electrons. The molecule has 0 aromatic carbocycles. The summed E-state index contributed by atoms with van der Waals surface area (Å²) in [5.74, 6) is 0.400. The third kappa shape index (κ3) is 3.56. The molecule has 108 valence electrons. The lowest BCUT2D eigenvalue weighted by Crippen LogP contribution is -2.33. The average molecular weight is 287 g/mol. The molecule has 2 aromatic rings. The van der Waals surface area contributed by atoms with Crippen molar-refractivity contribution < 1.29 is 14.7 Å². The summed E-state index contributed by atoms with van der Waals surface area (Å²) in [4.78, 5) is 31.2. The van der Waals surface area contributed by atoms with Crippen LogP contribution < -0.4 is 0 Å². The summed E-state index contributed by atoms with van der Waals surface area (Å²) in [7, 11) is 0. The first kappa shape index (κ1) is 14.5. The molecule has 1 amide bonds. The Kier molecular flexibility index (Phi) is 4.50. The van der Waals surface area contributed by atoms with Gasteiger partial charge >= 0.3 is 6.09 Å². The molecule has 1 N–H and O–H groups in total. The first-order valence-corrected chi connectivity index (χ1v) is 6.16. The van der Waals surface area contributed by atoms with Crippen LogP contribution >= 0.6 is 0 Å². The lowest BCUT2D eigenvalue weighted by Gasteiger charge is -2.24. The van der Waals surface area contributed by atoms with Gasteiger partial charge in [-0.15, -0.1) is 5.10 Å². The van der Waals surface area contributed by atoms with Crippen molar-refractivity contribution in [2.75, 3.05) is 0 Å². The van der Waals surface area contributed by atoms with E-state index in [2.05, 4.69) is 20.2 Å². The zero-order chi connectivity index (χ0) is 15.2. The van der Waals surface area contributed by atoms with E-state index in [0.717, 1.165) is 4.90 Å². The molecule has 8 heteroatoms. The van der Waals surface area contributed by atoms with Crippen molar-refractivity contribution >= 4 is 12.4 Å². The molecule has 0 bridgehead atoms. The van der Waals surface area contributed by atoms with Gasteiger partial charge in [-0.25, -0.2) is 14.8 Å². The van der Waals surface area contributed by atoms with Gasteiger partial charge in [0.15, 0.2) is 12.1 Å². The van der Waals surface area contributed by atoms with Gasteiger partial charge in [0.2, 0.25) is 0 Å². The molecule has 2 aromatic heterocycles. The summed E-state index contributed by atoms with van der Waals surface area (Å²) >= 11 is 0. The average Bonchev–Trinajstić information content (AvgIpc) is 2.53. The van der Waals surface area contributed by atoms with Gasteiger partial charge in [0.1, 0.15) is 5.69 Å². The van der Waals surface area contributed by atoms with Gasteiger partial charge in [-0.3, -0.25) is 9.69 Å². The highest BCUT2D eigenvalue weighted by Crippen LogP contribution is 2.18. The van der Waals surface area contributed by atoms with Crippen molar-refractivity contribution in [3.8, 4) is 0 Å². The Morgan fingerprint density at radius 1 is 1.33 bits per heavy atom. The molecular formula is C13H13N5O3. The van der Waals surface area contributed by atoms with E-state index in [1.165, 1.54) is 6.07 Å². The van der Waals surface area contributed by atoms with Gasteiger partial charge in [0.05, 0.1) is 18.3 Å². The number of hydrogen-bond donors (Lipinski definition) is 1. The van der Waals surface area contributed by atoms with Gasteiger partial charge in [0.25, 0.3) is 0 Å². The first-order chi connectivity index (χ1) is 10.1. The number of rotatable bonds is 5. The highest BCUT2D eigenvalue weighted by Gasteiger charge is 2.23. The molecular weight excluding hydrogens is 274 g/mol. The van der Waals surface area contributed by atoms with Crippen molar-refractivity contribution in [2.24, 2.45) is 0 Å². The molecule has 0 saturated carbocycles. The molecule has 0 spiro atoms. The number of carbonyl (C=O) groups is 2. The third-order valence-corrected chi connectivity index (χ3v) is 2.87. The summed E-state index contributed by atoms with van der Waals surface area (Å²) in [5, 5.41) is 16.8. The fourth-order valence-corrected chi connectivity index (χ4v) is 1.73. The predicted octanol–water partition coefficient (Wildman–Crippen LogP) is 1.32. The maximum Gasteiger partial charge on any atom is 0.408 e. The molecule has 0 aliphatic rings. The van der Waals surface area contributed by atoms with Crippen LogP contribution in [0, 0.1) is 0 Å². The van der Waals surface area contributed by atoms with Crippen LogP contribution in [0.4, 0.5) is 4.79 Å². The Morgan fingerprint density at radius 2 is 2.05 bits per heavy atom. The van der Waals surface area contributed by atoms with Gasteiger partial charge in [-0.05, 0) is 25.1 Å². The molecule has 2 heterocycles. The molecule has 1 atom stereocenters. The van der Waals surface area contributed by atoms with Crippen LogP contribution in [0.5, 0.6) is 0 Å². The minimum atomic E-state index is -1.11. The fourth-order valence-electron chi connectivity index (χ4n) is 1.73. The van der Waals surface area contributed by atoms with Crippen molar-refractivity contribution in [2.45, 2.75) is 19.5 Å². The van der Waals surface area contributed by atoms with Crippen LogP contribution in [-0.2, 0) is 6.54 Å². The third-order valence-electron chi connectivity index (χ3n) is 2.87. The van der Waals surface area contributed by atoms with Crippen molar-refractivity contribution in [1.29, 1.82) is 0 Å². The van der Waals surface area contributed by atoms with E-state index in [0.29, 0.717) is 17.8 Å². The van der Waals surface area contributed by atoms with E-state index in [1.807, 2.05) is 0 Å². The second-order valence-corrected chi connectivity index (χ2v) is 4.26. The van der Waals surface area contributed by atoms with Crippen molar-refractivity contribution in [1.82, 2.24) is 25.1 Å². The monoisotopic (exact) mass is 287 g/mol. The molecule has 8 nitrogen and oxygen atoms in total. The van der Waals surface area contributed by atoms with E-state index < -0.39 is 12.1 Å². The maximum atomic E-state index is 11.4. The predicted molar refractivity (Wildman–Crippen MR) is 71.4 cm³/mol. The Morgan fingerprint density at radius 3 is 2.57 bits per heavy atom. The van der Waals surface area contributed by atoms with Crippen LogP contribution in [-0.4, -0.2) is 42.6 Å². The van der Waals surface area contributed by atoms with Crippen LogP contribution in [0.15, 0.2) is 30.6 Å². The molecule has 0 aliphatic heterocycles. The Bertz CT molecular complexity index is 617. The molecule has 0 aliphatic carbocycles. The normalized spacial score (nSPS) is 11.7. The number of hydrogen-bond acceptors (Lipinski definition) is 6. The zero-order valence-corrected chi connectivity index (χ0v) is 11.2. The number of aromatic nitrogens is 4. The topological polar surface area (TPSA) is 109 Å². The molecule has 0 fully saturated rings. The molecule has 2 rings (SSSR count). The number of aldehydes is 1. The van der Waals surface area contributed by atoms with Crippen LogP contribution in [0.25, 0.3) is 0 Å². The van der Waals surface area contributed by atoms with Gasteiger partial charge < -0.3 is 5.11 Å². The van der Waals surface area contributed by atoms with E-state index in [4.69, 9.17) is 0 Å². The highest BCUT2D eigenvalue weighted by atomic mass is 16.4. The summed E-state index contributed by atoms with van der Waals surface area (Å²) in [6.07, 6.45) is 2.57. The molecule has 0 unspecified atom stereocenters. The standard InChI is InChI=1S/C13H13N5O3/c1-9(12-14-5-2-6-15-12)18(13(20)21)7-10-3-4-11(8-19)17-16-10/h2-6,8-9H,7H2,1H3,(H,20,21)/t9-/m1/s1. The quantitative estimate of drug-likeness (QED) is 0.826. The number of carbonyl (C=O) groups excluding carboxylic acids is 1. The maximum absolute atomic E-state index is 11.4. The minimum Gasteiger partial charge on any atom is -0.465 e. The van der Waals surface area contributed by atoms with Gasteiger partial charge in [-0.1, -0.05) is 0 Å². The van der Waals surface area contributed by atoms with Gasteiger partial charge in [-0.2, -0.15) is 5.10 Å². The smallest absolute Gasteiger partial charge is 0.408 e. The summed E-state index contributed by atoms with van der Waals surface area (Å²) in [5.41, 5.74) is 0.630. The highest BCUT2D eigenvalue weighted by molar-refractivity contribution is 5.71. The number of carboxylic acid groups (broad SMARTS) is 1. The molecule has 0 saturated heterocycles. The second-order valence-electron chi connectivity index (χ2n) is 4.26. The van der Waals surface area contributed by atoms with Crippen LogP contribution in [0.1, 0.15) is 35.0 Å². The largest absolute Gasteiger partial charge is 0.465 e. The zero-order valence-electron chi connectivity index (χ0n) is 11.2. The summed E-state index contributed by atoms with van der Waals surface area (Å²) < 4.78 is 0. The van der Waals surface area contributed by atoms with E-state index in [1.54, 1.807) is 31.5 Å². The van der Waals surface area contributed by atoms with E-state index in [9.17, 15) is 14.7 Å². The fraction of sp³-hybridized carbons (Fsp3) is 0.231. The van der Waals surface area contributed by atoms with Crippen molar-refractivity contribution in [3.05, 3.63) is 47.8 Å². The Labute approximate surface area is 120 Å². The second kappa shape index (κ2) is 6.51. The van der Waals surface area contributed by atoms with Crippen LogP contribution in [0.2, 0.25) is 0 Å². The Hall–Kier alpha value is -2.90.